The van der Waals surface area contributed by atoms with Crippen molar-refractivity contribution < 1.29 is 8.42 Å². The topological polar surface area (TPSA) is 43.9 Å². The fourth-order valence-electron chi connectivity index (χ4n) is 3.20. The summed E-state index contributed by atoms with van der Waals surface area (Å²) in [5, 5.41) is 0. The van der Waals surface area contributed by atoms with E-state index in [2.05, 4.69) is 23.8 Å². The first-order valence-corrected chi connectivity index (χ1v) is 9.09. The first kappa shape index (κ1) is 15.2. The zero-order valence-electron chi connectivity index (χ0n) is 12.4. The molecule has 2 aliphatic heterocycles. The lowest BCUT2D eigenvalue weighted by molar-refractivity contribution is 0.0750. The van der Waals surface area contributed by atoms with E-state index in [9.17, 15) is 8.42 Å². The molecule has 2 aliphatic rings. The minimum Gasteiger partial charge on any atom is -0.304 e. The van der Waals surface area contributed by atoms with E-state index in [0.29, 0.717) is 25.0 Å². The zero-order chi connectivity index (χ0) is 14.0. The van der Waals surface area contributed by atoms with E-state index in [1.54, 1.807) is 4.31 Å². The van der Waals surface area contributed by atoms with Crippen molar-refractivity contribution in [2.45, 2.75) is 25.8 Å². The van der Waals surface area contributed by atoms with Crippen molar-refractivity contribution in [3.05, 3.63) is 0 Å². The summed E-state index contributed by atoms with van der Waals surface area (Å²) in [5.41, 5.74) is 0. The highest BCUT2D eigenvalue weighted by Gasteiger charge is 2.28. The smallest absolute Gasteiger partial charge is 0.211 e. The number of piperidine rings is 1. The van der Waals surface area contributed by atoms with Gasteiger partial charge in [-0.2, -0.15) is 0 Å². The second-order valence-corrected chi connectivity index (χ2v) is 8.19. The normalized spacial score (nSPS) is 29.7. The standard InChI is InChI=1S/C13H27N3O2S/c1-12-10-14(2)8-9-15(12)11-13-4-6-16(7-5-13)19(3,17)18/h12-13H,4-11H2,1-3H3. The molecule has 0 bridgehead atoms. The number of rotatable bonds is 3. The molecular formula is C13H27N3O2S. The van der Waals surface area contributed by atoms with Gasteiger partial charge in [0.15, 0.2) is 0 Å². The molecule has 0 radical (unpaired) electrons. The Morgan fingerprint density at radius 2 is 1.74 bits per heavy atom. The second kappa shape index (κ2) is 6.08. The van der Waals surface area contributed by atoms with Gasteiger partial charge in [-0.3, -0.25) is 4.90 Å². The third-order valence-electron chi connectivity index (χ3n) is 4.50. The molecule has 0 aromatic carbocycles. The Kier molecular flexibility index (Phi) is 4.87. The molecule has 0 saturated carbocycles. The van der Waals surface area contributed by atoms with Gasteiger partial charge in [-0.25, -0.2) is 12.7 Å². The van der Waals surface area contributed by atoms with Crippen LogP contribution < -0.4 is 0 Å². The first-order valence-electron chi connectivity index (χ1n) is 7.24. The molecule has 5 nitrogen and oxygen atoms in total. The Morgan fingerprint density at radius 1 is 1.11 bits per heavy atom. The summed E-state index contributed by atoms with van der Waals surface area (Å²) >= 11 is 0. The summed E-state index contributed by atoms with van der Waals surface area (Å²) < 4.78 is 24.6. The molecular weight excluding hydrogens is 262 g/mol. The minimum absolute atomic E-state index is 0.617. The molecule has 0 aromatic rings. The molecule has 0 amide bonds. The van der Waals surface area contributed by atoms with Crippen LogP contribution in [0.3, 0.4) is 0 Å². The van der Waals surface area contributed by atoms with Crippen molar-refractivity contribution in [3.8, 4) is 0 Å². The van der Waals surface area contributed by atoms with Gasteiger partial charge in [-0.05, 0) is 32.7 Å². The molecule has 2 saturated heterocycles. The first-order chi connectivity index (χ1) is 8.86. The maximum Gasteiger partial charge on any atom is 0.211 e. The number of nitrogens with zero attached hydrogens (tertiary/aromatic N) is 3. The van der Waals surface area contributed by atoms with E-state index in [4.69, 9.17) is 0 Å². The quantitative estimate of drug-likeness (QED) is 0.749. The molecule has 1 atom stereocenters. The number of hydrogen-bond acceptors (Lipinski definition) is 4. The molecule has 0 aromatic heterocycles. The fourth-order valence-corrected chi connectivity index (χ4v) is 4.08. The number of piperazine rings is 1. The third-order valence-corrected chi connectivity index (χ3v) is 5.81. The average Bonchev–Trinajstić information content (AvgIpc) is 2.32. The lowest BCUT2D eigenvalue weighted by Gasteiger charge is -2.41. The largest absolute Gasteiger partial charge is 0.304 e. The van der Waals surface area contributed by atoms with Gasteiger partial charge in [0.05, 0.1) is 6.26 Å². The van der Waals surface area contributed by atoms with Crippen LogP contribution in [0.1, 0.15) is 19.8 Å². The Hall–Kier alpha value is -0.170. The Morgan fingerprint density at radius 3 is 2.26 bits per heavy atom. The van der Waals surface area contributed by atoms with E-state index in [1.807, 2.05) is 0 Å². The Labute approximate surface area is 117 Å². The van der Waals surface area contributed by atoms with Crippen LogP contribution in [-0.4, -0.2) is 81.1 Å². The lowest BCUT2D eigenvalue weighted by atomic mass is 9.96. The molecule has 1 unspecified atom stereocenters. The van der Waals surface area contributed by atoms with E-state index >= 15 is 0 Å². The summed E-state index contributed by atoms with van der Waals surface area (Å²) in [7, 11) is -0.808. The number of likely N-dealkylation sites (N-methyl/N-ethyl adjacent to an activating group) is 1. The molecule has 19 heavy (non-hydrogen) atoms. The maximum absolute atomic E-state index is 11.5. The molecule has 0 N–H and O–H groups in total. The van der Waals surface area contributed by atoms with Crippen LogP contribution >= 0.6 is 0 Å². The van der Waals surface area contributed by atoms with Gasteiger partial charge < -0.3 is 4.90 Å². The predicted molar refractivity (Wildman–Crippen MR) is 77.7 cm³/mol. The molecule has 0 spiro atoms. The molecule has 2 rings (SSSR count). The highest BCUT2D eigenvalue weighted by atomic mass is 32.2. The monoisotopic (exact) mass is 289 g/mol. The van der Waals surface area contributed by atoms with Crippen LogP contribution in [0.15, 0.2) is 0 Å². The molecule has 6 heteroatoms. The van der Waals surface area contributed by atoms with Crippen molar-refractivity contribution in [2.75, 3.05) is 52.6 Å². The van der Waals surface area contributed by atoms with E-state index in [1.165, 1.54) is 6.26 Å². The molecule has 112 valence electrons. The highest BCUT2D eigenvalue weighted by molar-refractivity contribution is 7.88. The van der Waals surface area contributed by atoms with Crippen LogP contribution in [0.4, 0.5) is 0 Å². The number of sulfonamides is 1. The van der Waals surface area contributed by atoms with E-state index < -0.39 is 10.0 Å². The summed E-state index contributed by atoms with van der Waals surface area (Å²) in [6.45, 7) is 8.25. The van der Waals surface area contributed by atoms with E-state index in [-0.39, 0.29) is 0 Å². The van der Waals surface area contributed by atoms with Gasteiger partial charge in [-0.1, -0.05) is 0 Å². The number of hydrogen-bond donors (Lipinski definition) is 0. The van der Waals surface area contributed by atoms with Crippen LogP contribution in [0.2, 0.25) is 0 Å². The molecule has 2 heterocycles. The lowest BCUT2D eigenvalue weighted by Crippen LogP contribution is -2.52. The summed E-state index contributed by atoms with van der Waals surface area (Å²) in [5.74, 6) is 0.656. The van der Waals surface area contributed by atoms with Crippen molar-refractivity contribution in [3.63, 3.8) is 0 Å². The van der Waals surface area contributed by atoms with Crippen LogP contribution in [0.5, 0.6) is 0 Å². The fraction of sp³-hybridized carbons (Fsp3) is 1.00. The molecule has 2 fully saturated rings. The SMILES string of the molecule is CC1CN(C)CCN1CC1CCN(S(C)(=O)=O)CC1. The van der Waals surface area contributed by atoms with Crippen molar-refractivity contribution in [1.82, 2.24) is 14.1 Å². The second-order valence-electron chi connectivity index (χ2n) is 6.21. The van der Waals surface area contributed by atoms with Crippen LogP contribution in [-0.2, 0) is 10.0 Å². The Balaban J connectivity index is 1.80. The summed E-state index contributed by atoms with van der Waals surface area (Å²) in [6, 6.07) is 0.617. The van der Waals surface area contributed by atoms with Crippen molar-refractivity contribution in [1.29, 1.82) is 0 Å². The molecule has 0 aliphatic carbocycles. The average molecular weight is 289 g/mol. The summed E-state index contributed by atoms with van der Waals surface area (Å²) in [4.78, 5) is 4.95. The van der Waals surface area contributed by atoms with Crippen molar-refractivity contribution in [2.24, 2.45) is 5.92 Å². The predicted octanol–water partition coefficient (Wildman–Crippen LogP) is 0.294. The third kappa shape index (κ3) is 4.15. The van der Waals surface area contributed by atoms with Gasteiger partial charge in [0.25, 0.3) is 0 Å². The summed E-state index contributed by atoms with van der Waals surface area (Å²) in [6.07, 6.45) is 3.33. The van der Waals surface area contributed by atoms with Gasteiger partial charge >= 0.3 is 0 Å². The zero-order valence-corrected chi connectivity index (χ0v) is 13.2. The Bertz CT molecular complexity index is 391. The van der Waals surface area contributed by atoms with Crippen LogP contribution in [0, 0.1) is 5.92 Å². The van der Waals surface area contributed by atoms with Crippen LogP contribution in [0.25, 0.3) is 0 Å². The van der Waals surface area contributed by atoms with E-state index in [0.717, 1.165) is 39.0 Å². The van der Waals surface area contributed by atoms with Gasteiger partial charge in [-0.15, -0.1) is 0 Å². The van der Waals surface area contributed by atoms with Gasteiger partial charge in [0.2, 0.25) is 10.0 Å². The van der Waals surface area contributed by atoms with Gasteiger partial charge in [0, 0.05) is 45.3 Å². The minimum atomic E-state index is -2.99. The van der Waals surface area contributed by atoms with Gasteiger partial charge in [0.1, 0.15) is 0 Å². The van der Waals surface area contributed by atoms with Crippen molar-refractivity contribution >= 4 is 10.0 Å². The maximum atomic E-state index is 11.5. The highest BCUT2D eigenvalue weighted by Crippen LogP contribution is 2.21.